The number of hydrogen-bond donors (Lipinski definition) is 1. The molecule has 1 fully saturated rings. The van der Waals surface area contributed by atoms with Crippen LogP contribution < -0.4 is 0 Å². The molecule has 1 aromatic carbocycles. The van der Waals surface area contributed by atoms with Crippen molar-refractivity contribution in [3.8, 4) is 0 Å². The highest BCUT2D eigenvalue weighted by molar-refractivity contribution is 7.99. The van der Waals surface area contributed by atoms with E-state index in [1.165, 1.54) is 36.1 Å². The first kappa shape index (κ1) is 15.8. The minimum Gasteiger partial charge on any atom is -0.480 e. The lowest BCUT2D eigenvalue weighted by molar-refractivity contribution is -0.147. The van der Waals surface area contributed by atoms with Crippen molar-refractivity contribution in [2.75, 3.05) is 6.54 Å². The number of amides is 1. The number of carbonyl (C=O) groups is 2. The molecule has 0 aromatic heterocycles. The Morgan fingerprint density at radius 3 is 2.48 bits per heavy atom. The largest absolute Gasteiger partial charge is 0.480 e. The Hall–Kier alpha value is -1.63. The number of carboxylic acid groups (broad SMARTS) is 1. The smallest absolute Gasteiger partial charge is 0.329 e. The van der Waals surface area contributed by atoms with Gasteiger partial charge in [-0.05, 0) is 44.0 Å². The number of rotatable bonds is 4. The van der Waals surface area contributed by atoms with E-state index in [0.717, 1.165) is 0 Å². The lowest BCUT2D eigenvalue weighted by Crippen LogP contribution is -2.50. The van der Waals surface area contributed by atoms with Crippen LogP contribution in [0.5, 0.6) is 0 Å². The standard InChI is InChI=1S/C14H15F2NO3S/c1-14(12(19)20)7-2-8-17(14)11(18)9-3-5-10(6-4-9)21-13(15)16/h3-6,13H,2,7-8H2,1H3,(H,19,20). The van der Waals surface area contributed by atoms with Crippen LogP contribution in [-0.2, 0) is 4.79 Å². The van der Waals surface area contributed by atoms with Gasteiger partial charge in [0.05, 0.1) is 0 Å². The first-order valence-electron chi connectivity index (χ1n) is 6.45. The number of carboxylic acids is 1. The van der Waals surface area contributed by atoms with Crippen LogP contribution in [0.4, 0.5) is 8.78 Å². The molecule has 2 rings (SSSR count). The lowest BCUT2D eigenvalue weighted by atomic mass is 9.98. The summed E-state index contributed by atoms with van der Waals surface area (Å²) in [5.74, 6) is -3.93. The van der Waals surface area contributed by atoms with Gasteiger partial charge in [0.15, 0.2) is 0 Å². The molecule has 1 amide bonds. The molecule has 1 saturated heterocycles. The van der Waals surface area contributed by atoms with E-state index >= 15 is 0 Å². The normalized spacial score (nSPS) is 21.8. The summed E-state index contributed by atoms with van der Waals surface area (Å²) in [6.07, 6.45) is 1.04. The van der Waals surface area contributed by atoms with Gasteiger partial charge in [0, 0.05) is 17.0 Å². The zero-order chi connectivity index (χ0) is 15.6. The highest BCUT2D eigenvalue weighted by atomic mass is 32.2. The quantitative estimate of drug-likeness (QED) is 0.868. The number of likely N-dealkylation sites (tertiary alicyclic amines) is 1. The summed E-state index contributed by atoms with van der Waals surface area (Å²) >= 11 is 0.403. The number of benzene rings is 1. The molecule has 1 aliphatic rings. The topological polar surface area (TPSA) is 57.6 Å². The fourth-order valence-corrected chi connectivity index (χ4v) is 2.94. The van der Waals surface area contributed by atoms with Crippen LogP contribution in [0, 0.1) is 0 Å². The van der Waals surface area contributed by atoms with Gasteiger partial charge in [0.25, 0.3) is 11.7 Å². The Labute approximate surface area is 125 Å². The number of hydrogen-bond acceptors (Lipinski definition) is 3. The van der Waals surface area contributed by atoms with Gasteiger partial charge in [0.1, 0.15) is 5.54 Å². The lowest BCUT2D eigenvalue weighted by Gasteiger charge is -2.31. The predicted molar refractivity (Wildman–Crippen MR) is 74.6 cm³/mol. The highest BCUT2D eigenvalue weighted by Crippen LogP contribution is 2.31. The third kappa shape index (κ3) is 3.18. The van der Waals surface area contributed by atoms with Crippen molar-refractivity contribution in [2.24, 2.45) is 0 Å². The van der Waals surface area contributed by atoms with E-state index in [9.17, 15) is 23.5 Å². The van der Waals surface area contributed by atoms with E-state index in [1.807, 2.05) is 0 Å². The molecule has 0 saturated carbocycles. The minimum absolute atomic E-state index is 0.308. The van der Waals surface area contributed by atoms with Crippen molar-refractivity contribution in [1.29, 1.82) is 0 Å². The van der Waals surface area contributed by atoms with Crippen LogP contribution >= 0.6 is 11.8 Å². The summed E-state index contributed by atoms with van der Waals surface area (Å²) in [7, 11) is 0. The summed E-state index contributed by atoms with van der Waals surface area (Å²) in [5.41, 5.74) is -0.893. The Kier molecular flexibility index (Phi) is 4.51. The number of halogens is 2. The molecule has 21 heavy (non-hydrogen) atoms. The second kappa shape index (κ2) is 6.01. The number of carbonyl (C=O) groups excluding carboxylic acids is 1. The van der Waals surface area contributed by atoms with Crippen molar-refractivity contribution >= 4 is 23.6 Å². The van der Waals surface area contributed by atoms with E-state index in [4.69, 9.17) is 0 Å². The van der Waals surface area contributed by atoms with E-state index in [-0.39, 0.29) is 5.91 Å². The molecule has 1 aromatic rings. The molecule has 1 aliphatic heterocycles. The van der Waals surface area contributed by atoms with Crippen LogP contribution in [-0.4, -0.2) is 39.7 Å². The number of nitrogens with zero attached hydrogens (tertiary/aromatic N) is 1. The number of thioether (sulfide) groups is 1. The maximum atomic E-state index is 12.4. The molecule has 4 nitrogen and oxygen atoms in total. The third-order valence-corrected chi connectivity index (χ3v) is 4.40. The molecule has 1 N–H and O–H groups in total. The first-order valence-corrected chi connectivity index (χ1v) is 7.33. The molecule has 0 radical (unpaired) electrons. The second-order valence-corrected chi connectivity index (χ2v) is 6.11. The number of aliphatic carboxylic acids is 1. The zero-order valence-electron chi connectivity index (χ0n) is 11.4. The van der Waals surface area contributed by atoms with Crippen molar-refractivity contribution in [3.05, 3.63) is 29.8 Å². The van der Waals surface area contributed by atoms with E-state index in [2.05, 4.69) is 0 Å². The van der Waals surface area contributed by atoms with Crippen molar-refractivity contribution < 1.29 is 23.5 Å². The summed E-state index contributed by atoms with van der Waals surface area (Å²) in [5, 5.41) is 9.30. The van der Waals surface area contributed by atoms with Gasteiger partial charge in [-0.3, -0.25) is 4.79 Å². The fourth-order valence-electron chi connectivity index (χ4n) is 2.45. The Morgan fingerprint density at radius 2 is 1.95 bits per heavy atom. The molecule has 0 spiro atoms. The van der Waals surface area contributed by atoms with Crippen LogP contribution in [0.2, 0.25) is 0 Å². The van der Waals surface area contributed by atoms with E-state index < -0.39 is 17.3 Å². The molecule has 1 atom stereocenters. The molecular formula is C14H15F2NO3S. The van der Waals surface area contributed by atoms with E-state index in [1.54, 1.807) is 0 Å². The van der Waals surface area contributed by atoms with E-state index in [0.29, 0.717) is 41.6 Å². The third-order valence-electron chi connectivity index (χ3n) is 3.67. The SMILES string of the molecule is CC1(C(=O)O)CCCN1C(=O)c1ccc(SC(F)F)cc1. The van der Waals surface area contributed by atoms with Crippen molar-refractivity contribution in [2.45, 2.75) is 36.0 Å². The maximum absolute atomic E-state index is 12.4. The summed E-state index contributed by atoms with van der Waals surface area (Å²) < 4.78 is 24.5. The number of alkyl halides is 2. The zero-order valence-corrected chi connectivity index (χ0v) is 12.2. The summed E-state index contributed by atoms with van der Waals surface area (Å²) in [6.45, 7) is 1.91. The van der Waals surface area contributed by atoms with Crippen LogP contribution in [0.3, 0.4) is 0 Å². The van der Waals surface area contributed by atoms with Gasteiger partial charge in [-0.2, -0.15) is 8.78 Å². The van der Waals surface area contributed by atoms with Crippen LogP contribution in [0.25, 0.3) is 0 Å². The molecule has 7 heteroatoms. The summed E-state index contributed by atoms with van der Waals surface area (Å²) in [4.78, 5) is 25.5. The molecule has 0 aliphatic carbocycles. The van der Waals surface area contributed by atoms with Crippen molar-refractivity contribution in [1.82, 2.24) is 4.90 Å². The van der Waals surface area contributed by atoms with Crippen molar-refractivity contribution in [3.63, 3.8) is 0 Å². The second-order valence-electron chi connectivity index (χ2n) is 5.04. The Morgan fingerprint density at radius 1 is 1.33 bits per heavy atom. The average molecular weight is 315 g/mol. The van der Waals surface area contributed by atoms with Gasteiger partial charge >= 0.3 is 5.97 Å². The van der Waals surface area contributed by atoms with Gasteiger partial charge < -0.3 is 10.0 Å². The molecule has 1 heterocycles. The first-order chi connectivity index (χ1) is 9.84. The minimum atomic E-state index is -2.51. The molecule has 114 valence electrons. The van der Waals surface area contributed by atoms with Gasteiger partial charge in [0.2, 0.25) is 0 Å². The van der Waals surface area contributed by atoms with Gasteiger partial charge in [-0.25, -0.2) is 4.79 Å². The van der Waals surface area contributed by atoms with Crippen LogP contribution in [0.15, 0.2) is 29.2 Å². The molecular weight excluding hydrogens is 300 g/mol. The maximum Gasteiger partial charge on any atom is 0.329 e. The van der Waals surface area contributed by atoms with Crippen LogP contribution in [0.1, 0.15) is 30.1 Å². The summed E-state index contributed by atoms with van der Waals surface area (Å²) in [6, 6.07) is 5.79. The fraction of sp³-hybridized carbons (Fsp3) is 0.429. The monoisotopic (exact) mass is 315 g/mol. The average Bonchev–Trinajstić information content (AvgIpc) is 2.81. The predicted octanol–water partition coefficient (Wildman–Crippen LogP) is 3.08. The molecule has 0 bridgehead atoms. The Balaban J connectivity index is 2.18. The molecule has 1 unspecified atom stereocenters. The van der Waals surface area contributed by atoms with Gasteiger partial charge in [-0.15, -0.1) is 0 Å². The highest BCUT2D eigenvalue weighted by Gasteiger charge is 2.46. The Bertz CT molecular complexity index is 550. The van der Waals surface area contributed by atoms with Gasteiger partial charge in [-0.1, -0.05) is 11.8 Å².